The zero-order valence-corrected chi connectivity index (χ0v) is 13.2. The van der Waals surface area contributed by atoms with Gasteiger partial charge in [0, 0.05) is 16.6 Å². The van der Waals surface area contributed by atoms with E-state index in [1.807, 2.05) is 13.8 Å². The van der Waals surface area contributed by atoms with Crippen molar-refractivity contribution >= 4 is 27.9 Å². The van der Waals surface area contributed by atoms with Gasteiger partial charge in [-0.1, -0.05) is 29.8 Å². The van der Waals surface area contributed by atoms with Crippen LogP contribution in [-0.2, 0) is 14.3 Å². The Morgan fingerprint density at radius 1 is 1.05 bits per heavy atom. The van der Waals surface area contributed by atoms with Gasteiger partial charge in [0.1, 0.15) is 11.9 Å². The summed E-state index contributed by atoms with van der Waals surface area (Å²) >= 11 is 3.28. The van der Waals surface area contributed by atoms with E-state index in [-0.39, 0.29) is 12.0 Å². The summed E-state index contributed by atoms with van der Waals surface area (Å²) in [5.41, 5.74) is 0. The van der Waals surface area contributed by atoms with Crippen LogP contribution in [-0.4, -0.2) is 18.0 Å². The van der Waals surface area contributed by atoms with E-state index in [4.69, 9.17) is 9.47 Å². The summed E-state index contributed by atoms with van der Waals surface area (Å²) in [5.74, 6) is -0.547. The topological polar surface area (TPSA) is 52.6 Å². The quantitative estimate of drug-likeness (QED) is 0.467. The number of esters is 2. The monoisotopic (exact) mass is 340 g/mol. The number of halogens is 1. The lowest BCUT2D eigenvalue weighted by atomic mass is 10.1. The smallest absolute Gasteiger partial charge is 0.336 e. The summed E-state index contributed by atoms with van der Waals surface area (Å²) in [5, 5.41) is 0. The first-order valence-corrected chi connectivity index (χ1v) is 7.04. The van der Waals surface area contributed by atoms with E-state index in [0.29, 0.717) is 5.75 Å². The first kappa shape index (κ1) is 16.4. The molecule has 1 unspecified atom stereocenters. The molecule has 108 valence electrons. The summed E-state index contributed by atoms with van der Waals surface area (Å²) < 4.78 is 11.0. The SMILES string of the molecule is CC(C)C(C)OC(=O)/C=C/C(=O)Oc1ccc(Br)cc1. The molecule has 5 heteroatoms. The average Bonchev–Trinajstić information content (AvgIpc) is 2.39. The Hall–Kier alpha value is -1.62. The molecule has 1 atom stereocenters. The van der Waals surface area contributed by atoms with Crippen LogP contribution in [0.25, 0.3) is 0 Å². The fourth-order valence-electron chi connectivity index (χ4n) is 1.15. The van der Waals surface area contributed by atoms with Crippen LogP contribution in [0.15, 0.2) is 40.9 Å². The van der Waals surface area contributed by atoms with Crippen LogP contribution >= 0.6 is 15.9 Å². The first-order valence-electron chi connectivity index (χ1n) is 6.24. The van der Waals surface area contributed by atoms with Crippen LogP contribution < -0.4 is 4.74 Å². The fraction of sp³-hybridized carbons (Fsp3) is 0.333. The van der Waals surface area contributed by atoms with Gasteiger partial charge >= 0.3 is 11.9 Å². The molecule has 0 radical (unpaired) electrons. The summed E-state index contributed by atoms with van der Waals surface area (Å²) in [6.07, 6.45) is 1.92. The Bertz CT molecular complexity index is 491. The predicted octanol–water partition coefficient (Wildman–Crippen LogP) is 3.50. The number of benzene rings is 1. The lowest BCUT2D eigenvalue weighted by molar-refractivity contribution is -0.144. The van der Waals surface area contributed by atoms with Gasteiger partial charge in [0.25, 0.3) is 0 Å². The second-order valence-corrected chi connectivity index (χ2v) is 5.51. The number of rotatable bonds is 5. The third-order valence-electron chi connectivity index (χ3n) is 2.63. The molecule has 0 saturated carbocycles. The molecule has 0 N–H and O–H groups in total. The van der Waals surface area contributed by atoms with E-state index in [1.54, 1.807) is 31.2 Å². The minimum Gasteiger partial charge on any atom is -0.459 e. The Labute approximate surface area is 126 Å². The number of carbonyl (C=O) groups excluding carboxylic acids is 2. The molecular weight excluding hydrogens is 324 g/mol. The highest BCUT2D eigenvalue weighted by molar-refractivity contribution is 9.10. The van der Waals surface area contributed by atoms with Crippen LogP contribution in [0.3, 0.4) is 0 Å². The standard InChI is InChI=1S/C15H17BrO4/c1-10(2)11(3)19-14(17)8-9-15(18)20-13-6-4-12(16)5-7-13/h4-11H,1-3H3/b9-8+. The van der Waals surface area contributed by atoms with Crippen molar-refractivity contribution < 1.29 is 19.1 Å². The largest absolute Gasteiger partial charge is 0.459 e. The van der Waals surface area contributed by atoms with E-state index in [1.165, 1.54) is 0 Å². The fourth-order valence-corrected chi connectivity index (χ4v) is 1.41. The molecular formula is C15H17BrO4. The van der Waals surface area contributed by atoms with Gasteiger partial charge in [-0.2, -0.15) is 0 Å². The molecule has 0 aliphatic carbocycles. The van der Waals surface area contributed by atoms with Crippen molar-refractivity contribution in [1.29, 1.82) is 0 Å². The van der Waals surface area contributed by atoms with Crippen LogP contribution in [0.1, 0.15) is 20.8 Å². The highest BCUT2D eigenvalue weighted by Gasteiger charge is 2.11. The molecule has 0 fully saturated rings. The van der Waals surface area contributed by atoms with Crippen LogP contribution in [0.5, 0.6) is 5.75 Å². The van der Waals surface area contributed by atoms with Gasteiger partial charge in [-0.25, -0.2) is 9.59 Å². The highest BCUT2D eigenvalue weighted by Crippen LogP contribution is 2.16. The maximum atomic E-state index is 11.5. The molecule has 0 saturated heterocycles. The van der Waals surface area contributed by atoms with Crippen molar-refractivity contribution in [1.82, 2.24) is 0 Å². The third-order valence-corrected chi connectivity index (χ3v) is 3.16. The Morgan fingerprint density at radius 2 is 1.60 bits per heavy atom. The predicted molar refractivity (Wildman–Crippen MR) is 79.3 cm³/mol. The van der Waals surface area contributed by atoms with E-state index < -0.39 is 11.9 Å². The average molecular weight is 341 g/mol. The molecule has 0 amide bonds. The zero-order chi connectivity index (χ0) is 15.1. The lowest BCUT2D eigenvalue weighted by Gasteiger charge is -2.14. The second-order valence-electron chi connectivity index (χ2n) is 4.59. The highest BCUT2D eigenvalue weighted by atomic mass is 79.9. The van der Waals surface area contributed by atoms with Gasteiger partial charge in [-0.05, 0) is 37.1 Å². The number of hydrogen-bond acceptors (Lipinski definition) is 4. The van der Waals surface area contributed by atoms with Crippen LogP contribution in [0.2, 0.25) is 0 Å². The van der Waals surface area contributed by atoms with Gasteiger partial charge in [0.2, 0.25) is 0 Å². The van der Waals surface area contributed by atoms with Crippen molar-refractivity contribution in [2.45, 2.75) is 26.9 Å². The lowest BCUT2D eigenvalue weighted by Crippen LogP contribution is -2.19. The van der Waals surface area contributed by atoms with Crippen molar-refractivity contribution in [3.05, 3.63) is 40.9 Å². The molecule has 20 heavy (non-hydrogen) atoms. The molecule has 1 aromatic rings. The summed E-state index contributed by atoms with van der Waals surface area (Å²) in [4.78, 5) is 22.9. The van der Waals surface area contributed by atoms with E-state index in [2.05, 4.69) is 15.9 Å². The van der Waals surface area contributed by atoms with E-state index >= 15 is 0 Å². The van der Waals surface area contributed by atoms with Crippen molar-refractivity contribution in [3.8, 4) is 5.75 Å². The van der Waals surface area contributed by atoms with Gasteiger partial charge in [-0.15, -0.1) is 0 Å². The Morgan fingerprint density at radius 3 is 2.15 bits per heavy atom. The van der Waals surface area contributed by atoms with Crippen molar-refractivity contribution in [2.24, 2.45) is 5.92 Å². The number of ether oxygens (including phenoxy) is 2. The molecule has 0 heterocycles. The summed E-state index contributed by atoms with van der Waals surface area (Å²) in [7, 11) is 0. The maximum absolute atomic E-state index is 11.5. The molecule has 1 rings (SSSR count). The maximum Gasteiger partial charge on any atom is 0.336 e. The molecule has 1 aromatic carbocycles. The minimum absolute atomic E-state index is 0.199. The Balaban J connectivity index is 2.47. The zero-order valence-electron chi connectivity index (χ0n) is 11.6. The van der Waals surface area contributed by atoms with Gasteiger partial charge in [-0.3, -0.25) is 0 Å². The summed E-state index contributed by atoms with van der Waals surface area (Å²) in [6, 6.07) is 6.81. The van der Waals surface area contributed by atoms with Crippen molar-refractivity contribution in [3.63, 3.8) is 0 Å². The molecule has 0 aromatic heterocycles. The van der Waals surface area contributed by atoms with Gasteiger partial charge in [0.05, 0.1) is 0 Å². The molecule has 0 bridgehead atoms. The minimum atomic E-state index is -0.624. The van der Waals surface area contributed by atoms with E-state index in [9.17, 15) is 9.59 Å². The molecule has 0 aliphatic heterocycles. The van der Waals surface area contributed by atoms with Crippen LogP contribution in [0.4, 0.5) is 0 Å². The number of carbonyl (C=O) groups is 2. The normalized spacial score (nSPS) is 12.4. The first-order chi connectivity index (χ1) is 9.38. The van der Waals surface area contributed by atoms with Crippen molar-refractivity contribution in [2.75, 3.05) is 0 Å². The van der Waals surface area contributed by atoms with E-state index in [0.717, 1.165) is 16.6 Å². The van der Waals surface area contributed by atoms with Gasteiger partial charge < -0.3 is 9.47 Å². The molecule has 0 aliphatic rings. The second kappa shape index (κ2) is 7.85. The van der Waals surface area contributed by atoms with Gasteiger partial charge in [0.15, 0.2) is 0 Å². The third kappa shape index (κ3) is 6.02. The summed E-state index contributed by atoms with van der Waals surface area (Å²) in [6.45, 7) is 5.70. The molecule has 4 nitrogen and oxygen atoms in total. The molecule has 0 spiro atoms. The van der Waals surface area contributed by atoms with Crippen LogP contribution in [0, 0.1) is 5.92 Å². The Kier molecular flexibility index (Phi) is 6.45. The number of hydrogen-bond donors (Lipinski definition) is 0.